The first-order valence-corrected chi connectivity index (χ1v) is 10.1. The lowest BCUT2D eigenvalue weighted by molar-refractivity contribution is -0.143. The van der Waals surface area contributed by atoms with Crippen molar-refractivity contribution in [3.05, 3.63) is 42.6 Å². The summed E-state index contributed by atoms with van der Waals surface area (Å²) in [6, 6.07) is 11.9. The van der Waals surface area contributed by atoms with Crippen LogP contribution in [0.15, 0.2) is 42.6 Å². The van der Waals surface area contributed by atoms with E-state index in [0.29, 0.717) is 25.6 Å². The average molecular weight is 383 g/mol. The third kappa shape index (κ3) is 5.29. The van der Waals surface area contributed by atoms with Gasteiger partial charge in [0.25, 0.3) is 5.91 Å². The number of carbonyl (C=O) groups is 1. The number of anilines is 1. The quantitative estimate of drug-likeness (QED) is 0.736. The van der Waals surface area contributed by atoms with E-state index in [-0.39, 0.29) is 12.0 Å². The molecule has 0 radical (unpaired) electrons. The number of hydrogen-bond acceptors (Lipinski definition) is 5. The number of nitrogens with zero attached hydrogens (tertiary/aromatic N) is 4. The fourth-order valence-corrected chi connectivity index (χ4v) is 3.22. The zero-order valence-electron chi connectivity index (χ0n) is 17.0. The molecule has 1 aliphatic rings. The number of carbonyl (C=O) groups excluding carboxylic acids is 1. The normalized spacial score (nSPS) is 15.7. The van der Waals surface area contributed by atoms with E-state index < -0.39 is 0 Å². The van der Waals surface area contributed by atoms with Crippen molar-refractivity contribution in [2.75, 3.05) is 37.7 Å². The van der Waals surface area contributed by atoms with Crippen molar-refractivity contribution in [1.82, 2.24) is 14.9 Å². The van der Waals surface area contributed by atoms with Gasteiger partial charge in [-0.1, -0.05) is 44.2 Å². The van der Waals surface area contributed by atoms with E-state index in [9.17, 15) is 4.79 Å². The predicted molar refractivity (Wildman–Crippen MR) is 111 cm³/mol. The molecule has 6 heteroatoms. The SMILES string of the molecule is CC(C)CCOC(C)C(=O)N1CCN(c2ccnc(-c3ccccc3)n2)CC1. The molecule has 1 aromatic carbocycles. The van der Waals surface area contributed by atoms with Gasteiger partial charge in [0.15, 0.2) is 5.82 Å². The molecular weight excluding hydrogens is 352 g/mol. The van der Waals surface area contributed by atoms with Crippen molar-refractivity contribution in [2.45, 2.75) is 33.3 Å². The molecule has 6 nitrogen and oxygen atoms in total. The van der Waals surface area contributed by atoms with Crippen LogP contribution in [-0.4, -0.2) is 59.7 Å². The van der Waals surface area contributed by atoms with E-state index in [1.54, 1.807) is 6.20 Å². The second kappa shape index (κ2) is 9.64. The molecule has 2 aromatic rings. The van der Waals surface area contributed by atoms with Gasteiger partial charge >= 0.3 is 0 Å². The molecule has 1 aliphatic heterocycles. The molecule has 150 valence electrons. The smallest absolute Gasteiger partial charge is 0.251 e. The number of rotatable bonds is 7. The van der Waals surface area contributed by atoms with Crippen LogP contribution in [-0.2, 0) is 9.53 Å². The summed E-state index contributed by atoms with van der Waals surface area (Å²) in [7, 11) is 0. The lowest BCUT2D eigenvalue weighted by Gasteiger charge is -2.36. The number of amides is 1. The number of ether oxygens (including phenoxy) is 1. The van der Waals surface area contributed by atoms with Crippen molar-refractivity contribution in [1.29, 1.82) is 0 Å². The Hall–Kier alpha value is -2.47. The Morgan fingerprint density at radius 3 is 2.46 bits per heavy atom. The van der Waals surface area contributed by atoms with Gasteiger partial charge in [0, 0.05) is 44.5 Å². The third-order valence-electron chi connectivity index (χ3n) is 5.00. The third-order valence-corrected chi connectivity index (χ3v) is 5.00. The minimum absolute atomic E-state index is 0.0797. The highest BCUT2D eigenvalue weighted by molar-refractivity contribution is 5.80. The fraction of sp³-hybridized carbons (Fsp3) is 0.500. The second-order valence-corrected chi connectivity index (χ2v) is 7.61. The molecule has 1 fully saturated rings. The van der Waals surface area contributed by atoms with Crippen LogP contribution in [0.2, 0.25) is 0 Å². The van der Waals surface area contributed by atoms with Gasteiger partial charge in [0.1, 0.15) is 11.9 Å². The Balaban J connectivity index is 1.55. The minimum atomic E-state index is -0.381. The largest absolute Gasteiger partial charge is 0.369 e. The number of hydrogen-bond donors (Lipinski definition) is 0. The number of benzene rings is 1. The van der Waals surface area contributed by atoms with E-state index in [4.69, 9.17) is 9.72 Å². The van der Waals surface area contributed by atoms with E-state index in [0.717, 1.165) is 36.7 Å². The van der Waals surface area contributed by atoms with E-state index in [1.807, 2.05) is 48.2 Å². The van der Waals surface area contributed by atoms with Crippen LogP contribution >= 0.6 is 0 Å². The van der Waals surface area contributed by atoms with Crippen LogP contribution in [0.4, 0.5) is 5.82 Å². The first-order chi connectivity index (χ1) is 13.5. The lowest BCUT2D eigenvalue weighted by Crippen LogP contribution is -2.51. The molecule has 0 saturated carbocycles. The maximum Gasteiger partial charge on any atom is 0.251 e. The van der Waals surface area contributed by atoms with Crippen LogP contribution in [0.3, 0.4) is 0 Å². The van der Waals surface area contributed by atoms with Gasteiger partial charge in [-0.3, -0.25) is 4.79 Å². The molecule has 1 aromatic heterocycles. The molecule has 1 saturated heterocycles. The maximum atomic E-state index is 12.6. The summed E-state index contributed by atoms with van der Waals surface area (Å²) >= 11 is 0. The molecular formula is C22H30N4O2. The van der Waals surface area contributed by atoms with Crippen LogP contribution < -0.4 is 4.90 Å². The van der Waals surface area contributed by atoms with Crippen LogP contribution in [0.5, 0.6) is 0 Å². The number of aromatic nitrogens is 2. The molecule has 0 bridgehead atoms. The van der Waals surface area contributed by atoms with Crippen LogP contribution in [0.25, 0.3) is 11.4 Å². The monoisotopic (exact) mass is 382 g/mol. The first-order valence-electron chi connectivity index (χ1n) is 10.1. The second-order valence-electron chi connectivity index (χ2n) is 7.61. The zero-order chi connectivity index (χ0) is 19.9. The van der Waals surface area contributed by atoms with Gasteiger partial charge in [-0.05, 0) is 25.3 Å². The summed E-state index contributed by atoms with van der Waals surface area (Å²) in [4.78, 5) is 25.8. The van der Waals surface area contributed by atoms with Gasteiger partial charge < -0.3 is 14.5 Å². The van der Waals surface area contributed by atoms with E-state index in [2.05, 4.69) is 23.7 Å². The highest BCUT2D eigenvalue weighted by Gasteiger charge is 2.26. The highest BCUT2D eigenvalue weighted by Crippen LogP contribution is 2.19. The summed E-state index contributed by atoms with van der Waals surface area (Å²) in [6.07, 6.45) is 2.39. The van der Waals surface area contributed by atoms with Crippen molar-refractivity contribution in [2.24, 2.45) is 5.92 Å². The molecule has 1 unspecified atom stereocenters. The van der Waals surface area contributed by atoms with Gasteiger partial charge in [-0.15, -0.1) is 0 Å². The standard InChI is InChI=1S/C22H30N4O2/c1-17(2)10-16-28-18(3)22(27)26-14-12-25(13-15-26)20-9-11-23-21(24-20)19-7-5-4-6-8-19/h4-9,11,17-18H,10,12-16H2,1-3H3. The van der Waals surface area contributed by atoms with Crippen molar-refractivity contribution >= 4 is 11.7 Å². The summed E-state index contributed by atoms with van der Waals surface area (Å²) in [5.74, 6) is 2.29. The molecule has 28 heavy (non-hydrogen) atoms. The summed E-state index contributed by atoms with van der Waals surface area (Å²) < 4.78 is 5.72. The molecule has 2 heterocycles. The highest BCUT2D eigenvalue weighted by atomic mass is 16.5. The molecule has 3 rings (SSSR count). The van der Waals surface area contributed by atoms with Gasteiger partial charge in [-0.2, -0.15) is 0 Å². The summed E-state index contributed by atoms with van der Waals surface area (Å²) in [5, 5.41) is 0. The molecule has 0 aliphatic carbocycles. The Morgan fingerprint density at radius 1 is 1.07 bits per heavy atom. The number of piperazine rings is 1. The van der Waals surface area contributed by atoms with Crippen molar-refractivity contribution < 1.29 is 9.53 Å². The van der Waals surface area contributed by atoms with E-state index in [1.165, 1.54) is 0 Å². The topological polar surface area (TPSA) is 58.6 Å². The molecule has 1 atom stereocenters. The van der Waals surface area contributed by atoms with Crippen LogP contribution in [0, 0.1) is 5.92 Å². The molecule has 0 spiro atoms. The first kappa shape index (κ1) is 20.3. The van der Waals surface area contributed by atoms with Gasteiger partial charge in [0.2, 0.25) is 0 Å². The minimum Gasteiger partial charge on any atom is -0.369 e. The van der Waals surface area contributed by atoms with Crippen molar-refractivity contribution in [3.63, 3.8) is 0 Å². The van der Waals surface area contributed by atoms with E-state index >= 15 is 0 Å². The zero-order valence-corrected chi connectivity index (χ0v) is 17.0. The van der Waals surface area contributed by atoms with Crippen LogP contribution in [0.1, 0.15) is 27.2 Å². The molecule has 0 N–H and O–H groups in total. The average Bonchev–Trinajstić information content (AvgIpc) is 2.74. The fourth-order valence-electron chi connectivity index (χ4n) is 3.22. The Morgan fingerprint density at radius 2 is 1.79 bits per heavy atom. The Bertz CT molecular complexity index is 758. The van der Waals surface area contributed by atoms with Gasteiger partial charge in [-0.25, -0.2) is 9.97 Å². The van der Waals surface area contributed by atoms with Crippen molar-refractivity contribution in [3.8, 4) is 11.4 Å². The Kier molecular flexibility index (Phi) is 6.98. The predicted octanol–water partition coefficient (Wildman–Crippen LogP) is 3.24. The van der Waals surface area contributed by atoms with Gasteiger partial charge in [0.05, 0.1) is 0 Å². The lowest BCUT2D eigenvalue weighted by atomic mass is 10.1. The molecule has 1 amide bonds. The summed E-state index contributed by atoms with van der Waals surface area (Å²) in [5.41, 5.74) is 1.01. The maximum absolute atomic E-state index is 12.6. The summed E-state index contributed by atoms with van der Waals surface area (Å²) in [6.45, 7) is 9.68. The Labute approximate surface area is 167 Å².